The Morgan fingerprint density at radius 3 is 2.63 bits per heavy atom. The molecule has 19 heavy (non-hydrogen) atoms. The zero-order chi connectivity index (χ0) is 14.0. The number of pyridine rings is 1. The standard InChI is InChI=1S/C12H6ClF3N2S/c13-9-4-7(12(14,15)16)6-18-11(9)8(5-17)10-2-1-3-19-10/h1-4,6,8H/t8-/m0/s1. The average Bonchev–Trinajstić information content (AvgIpc) is 2.84. The fourth-order valence-electron chi connectivity index (χ4n) is 1.53. The summed E-state index contributed by atoms with van der Waals surface area (Å²) in [6, 6.07) is 6.26. The van der Waals surface area contributed by atoms with E-state index < -0.39 is 17.7 Å². The molecule has 7 heteroatoms. The molecule has 1 atom stereocenters. The van der Waals surface area contributed by atoms with Crippen LogP contribution in [0.3, 0.4) is 0 Å². The summed E-state index contributed by atoms with van der Waals surface area (Å²) < 4.78 is 37.5. The number of rotatable bonds is 2. The SMILES string of the molecule is N#C[C@@H](c1cccs1)c1ncc(C(F)(F)F)cc1Cl. The fourth-order valence-corrected chi connectivity index (χ4v) is 2.58. The lowest BCUT2D eigenvalue weighted by atomic mass is 10.0. The Balaban J connectivity index is 2.44. The Morgan fingerprint density at radius 1 is 1.42 bits per heavy atom. The van der Waals surface area contributed by atoms with Crippen molar-refractivity contribution >= 4 is 22.9 Å². The third-order valence-corrected chi connectivity index (χ3v) is 3.67. The van der Waals surface area contributed by atoms with Crippen LogP contribution in [-0.4, -0.2) is 4.98 Å². The van der Waals surface area contributed by atoms with Crippen molar-refractivity contribution < 1.29 is 13.2 Å². The molecule has 0 aliphatic rings. The van der Waals surface area contributed by atoms with Crippen LogP contribution in [0.15, 0.2) is 29.8 Å². The molecule has 0 N–H and O–H groups in total. The van der Waals surface area contributed by atoms with E-state index in [4.69, 9.17) is 16.9 Å². The maximum absolute atomic E-state index is 12.5. The molecule has 0 aliphatic heterocycles. The first-order valence-electron chi connectivity index (χ1n) is 5.09. The first-order valence-corrected chi connectivity index (χ1v) is 6.35. The molecule has 0 radical (unpaired) electrons. The highest BCUT2D eigenvalue weighted by molar-refractivity contribution is 7.10. The minimum atomic E-state index is -4.50. The summed E-state index contributed by atoms with van der Waals surface area (Å²) in [7, 11) is 0. The molecule has 2 aromatic heterocycles. The van der Waals surface area contributed by atoms with Gasteiger partial charge in [-0.1, -0.05) is 17.7 Å². The lowest BCUT2D eigenvalue weighted by Gasteiger charge is -2.11. The van der Waals surface area contributed by atoms with Crippen molar-refractivity contribution in [2.45, 2.75) is 12.1 Å². The van der Waals surface area contributed by atoms with Crippen molar-refractivity contribution in [2.24, 2.45) is 0 Å². The minimum Gasteiger partial charge on any atom is -0.257 e. The lowest BCUT2D eigenvalue weighted by Crippen LogP contribution is -2.08. The molecule has 0 unspecified atom stereocenters. The molecule has 0 saturated heterocycles. The van der Waals surface area contributed by atoms with Gasteiger partial charge in [0.15, 0.2) is 0 Å². The van der Waals surface area contributed by atoms with Gasteiger partial charge in [-0.15, -0.1) is 11.3 Å². The van der Waals surface area contributed by atoms with Gasteiger partial charge in [0.25, 0.3) is 0 Å². The van der Waals surface area contributed by atoms with Crippen LogP contribution >= 0.6 is 22.9 Å². The summed E-state index contributed by atoms with van der Waals surface area (Å²) in [4.78, 5) is 4.40. The van der Waals surface area contributed by atoms with Gasteiger partial charge in [0.05, 0.1) is 22.3 Å². The third-order valence-electron chi connectivity index (χ3n) is 2.43. The smallest absolute Gasteiger partial charge is 0.257 e. The summed E-state index contributed by atoms with van der Waals surface area (Å²) in [5, 5.41) is 10.8. The van der Waals surface area contributed by atoms with Gasteiger partial charge in [0.2, 0.25) is 0 Å². The van der Waals surface area contributed by atoms with E-state index in [-0.39, 0.29) is 10.7 Å². The number of nitriles is 1. The molecule has 2 nitrogen and oxygen atoms in total. The molecule has 0 aromatic carbocycles. The molecule has 0 amide bonds. The Morgan fingerprint density at radius 2 is 2.16 bits per heavy atom. The van der Waals surface area contributed by atoms with Gasteiger partial charge < -0.3 is 0 Å². The number of hydrogen-bond donors (Lipinski definition) is 0. The number of halogens is 4. The van der Waals surface area contributed by atoms with Crippen molar-refractivity contribution in [1.29, 1.82) is 5.26 Å². The highest BCUT2D eigenvalue weighted by Gasteiger charge is 2.32. The summed E-state index contributed by atoms with van der Waals surface area (Å²) in [6.45, 7) is 0. The molecule has 0 aliphatic carbocycles. The first kappa shape index (κ1) is 13.8. The molecule has 0 fully saturated rings. The highest BCUT2D eigenvalue weighted by atomic mass is 35.5. The second kappa shape index (κ2) is 5.19. The maximum atomic E-state index is 12.5. The summed E-state index contributed by atoms with van der Waals surface area (Å²) >= 11 is 7.14. The van der Waals surface area contributed by atoms with Crippen LogP contribution in [0.5, 0.6) is 0 Å². The molecule has 2 heterocycles. The topological polar surface area (TPSA) is 36.7 Å². The van der Waals surface area contributed by atoms with Crippen molar-refractivity contribution in [2.75, 3.05) is 0 Å². The van der Waals surface area contributed by atoms with Crippen LogP contribution in [-0.2, 0) is 6.18 Å². The minimum absolute atomic E-state index is 0.139. The van der Waals surface area contributed by atoms with E-state index in [1.54, 1.807) is 17.5 Å². The van der Waals surface area contributed by atoms with Gasteiger partial charge in [-0.25, -0.2) is 0 Å². The Labute approximate surface area is 116 Å². The zero-order valence-corrected chi connectivity index (χ0v) is 10.9. The van der Waals surface area contributed by atoms with Crippen LogP contribution in [0.2, 0.25) is 5.02 Å². The molecular weight excluding hydrogens is 297 g/mol. The molecule has 2 aromatic rings. The normalized spacial score (nSPS) is 13.0. The van der Waals surface area contributed by atoms with Crippen LogP contribution in [0, 0.1) is 11.3 Å². The van der Waals surface area contributed by atoms with Crippen molar-refractivity contribution in [1.82, 2.24) is 4.98 Å². The van der Waals surface area contributed by atoms with E-state index >= 15 is 0 Å². The average molecular weight is 303 g/mol. The van der Waals surface area contributed by atoms with Gasteiger partial charge >= 0.3 is 6.18 Å². The zero-order valence-electron chi connectivity index (χ0n) is 9.28. The molecule has 2 rings (SSSR count). The number of aromatic nitrogens is 1. The monoisotopic (exact) mass is 302 g/mol. The Kier molecular flexibility index (Phi) is 3.78. The van der Waals surface area contributed by atoms with E-state index in [0.717, 1.165) is 6.07 Å². The summed E-state index contributed by atoms with van der Waals surface area (Å²) in [5.41, 5.74) is -0.788. The Hall–Kier alpha value is -1.58. The number of alkyl halides is 3. The molecule has 0 bridgehead atoms. The van der Waals surface area contributed by atoms with E-state index in [2.05, 4.69) is 4.98 Å². The second-order valence-corrected chi connectivity index (χ2v) is 5.05. The van der Waals surface area contributed by atoms with E-state index in [1.165, 1.54) is 11.3 Å². The summed E-state index contributed by atoms with van der Waals surface area (Å²) in [5.74, 6) is -0.755. The van der Waals surface area contributed by atoms with Gasteiger partial charge in [-0.2, -0.15) is 18.4 Å². The summed E-state index contributed by atoms with van der Waals surface area (Å²) in [6.07, 6.45) is -3.81. The van der Waals surface area contributed by atoms with Crippen molar-refractivity contribution in [3.8, 4) is 6.07 Å². The van der Waals surface area contributed by atoms with E-state index in [1.807, 2.05) is 6.07 Å². The molecular formula is C12H6ClF3N2S. The second-order valence-electron chi connectivity index (χ2n) is 3.67. The highest BCUT2D eigenvalue weighted by Crippen LogP contribution is 2.35. The van der Waals surface area contributed by atoms with Crippen LogP contribution in [0.25, 0.3) is 0 Å². The quantitative estimate of drug-likeness (QED) is 0.820. The van der Waals surface area contributed by atoms with Crippen molar-refractivity contribution in [3.05, 3.63) is 50.9 Å². The maximum Gasteiger partial charge on any atom is 0.417 e. The van der Waals surface area contributed by atoms with Crippen LogP contribution in [0.1, 0.15) is 22.1 Å². The number of hydrogen-bond acceptors (Lipinski definition) is 3. The van der Waals surface area contributed by atoms with Gasteiger partial charge in [-0.05, 0) is 17.5 Å². The first-order chi connectivity index (χ1) is 8.93. The largest absolute Gasteiger partial charge is 0.417 e. The van der Waals surface area contributed by atoms with Crippen LogP contribution < -0.4 is 0 Å². The number of thiophene rings is 1. The van der Waals surface area contributed by atoms with Gasteiger partial charge in [0.1, 0.15) is 5.92 Å². The van der Waals surface area contributed by atoms with Crippen molar-refractivity contribution in [3.63, 3.8) is 0 Å². The Bertz CT molecular complexity index is 617. The van der Waals surface area contributed by atoms with Gasteiger partial charge in [-0.3, -0.25) is 4.98 Å². The lowest BCUT2D eigenvalue weighted by molar-refractivity contribution is -0.137. The molecule has 0 saturated carbocycles. The predicted molar refractivity (Wildman–Crippen MR) is 66.0 cm³/mol. The fraction of sp³-hybridized carbons (Fsp3) is 0.167. The van der Waals surface area contributed by atoms with E-state index in [9.17, 15) is 13.2 Å². The predicted octanol–water partition coefficient (Wildman–Crippen LogP) is 4.47. The van der Waals surface area contributed by atoms with Gasteiger partial charge in [0, 0.05) is 11.1 Å². The molecule has 0 spiro atoms. The van der Waals surface area contributed by atoms with Crippen LogP contribution in [0.4, 0.5) is 13.2 Å². The van der Waals surface area contributed by atoms with E-state index in [0.29, 0.717) is 11.1 Å². The number of nitrogens with zero attached hydrogens (tertiary/aromatic N) is 2. The molecule has 98 valence electrons. The third kappa shape index (κ3) is 2.88.